The normalized spacial score (nSPS) is 17.2. The van der Waals surface area contributed by atoms with E-state index in [9.17, 15) is 22.4 Å². The van der Waals surface area contributed by atoms with E-state index in [0.717, 1.165) is 30.5 Å². The van der Waals surface area contributed by atoms with Gasteiger partial charge in [0.25, 0.3) is 0 Å². The number of sulfonamides is 1. The lowest BCUT2D eigenvalue weighted by Gasteiger charge is -2.34. The number of anilines is 1. The lowest BCUT2D eigenvalue weighted by molar-refractivity contribution is -0.136. The van der Waals surface area contributed by atoms with Crippen LogP contribution >= 0.6 is 0 Å². The molecule has 1 atom stereocenters. The summed E-state index contributed by atoms with van der Waals surface area (Å²) in [5.41, 5.74) is 1.49. The van der Waals surface area contributed by atoms with Crippen molar-refractivity contribution < 1.29 is 22.4 Å². The summed E-state index contributed by atoms with van der Waals surface area (Å²) in [7, 11) is -3.77. The average molecular weight is 448 g/mol. The summed E-state index contributed by atoms with van der Waals surface area (Å²) in [6.07, 6.45) is 2.65. The number of nitrogens with one attached hydrogen (secondary N) is 2. The Balaban J connectivity index is 1.57. The van der Waals surface area contributed by atoms with Crippen molar-refractivity contribution >= 4 is 27.5 Å². The molecule has 3 rings (SSSR count). The number of hydrogen-bond acceptors (Lipinski definition) is 4. The topological polar surface area (TPSA) is 95.6 Å². The molecule has 2 N–H and O–H groups in total. The number of rotatable bonds is 6. The molecule has 0 radical (unpaired) electrons. The van der Waals surface area contributed by atoms with Crippen LogP contribution < -0.4 is 10.6 Å². The van der Waals surface area contributed by atoms with E-state index in [1.165, 1.54) is 16.4 Å². The second-order valence-corrected chi connectivity index (χ2v) is 9.48. The van der Waals surface area contributed by atoms with Crippen molar-refractivity contribution in [1.82, 2.24) is 9.62 Å². The summed E-state index contributed by atoms with van der Waals surface area (Å²) in [6.45, 7) is 2.41. The highest BCUT2D eigenvalue weighted by Crippen LogP contribution is 2.27. The highest BCUT2D eigenvalue weighted by atomic mass is 32.2. The van der Waals surface area contributed by atoms with Crippen LogP contribution in [-0.4, -0.2) is 43.7 Å². The molecule has 31 heavy (non-hydrogen) atoms. The van der Waals surface area contributed by atoms with Crippen LogP contribution in [-0.2, 0) is 19.6 Å². The van der Waals surface area contributed by atoms with E-state index in [2.05, 4.69) is 10.6 Å². The van der Waals surface area contributed by atoms with E-state index >= 15 is 0 Å². The van der Waals surface area contributed by atoms with E-state index < -0.39 is 27.7 Å². The molecule has 9 heteroatoms. The first kappa shape index (κ1) is 22.9. The highest BCUT2D eigenvalue weighted by molar-refractivity contribution is 7.89. The Morgan fingerprint density at radius 2 is 1.84 bits per heavy atom. The first-order valence-corrected chi connectivity index (χ1v) is 11.6. The number of hydrogen-bond donors (Lipinski definition) is 2. The molecule has 2 aromatic carbocycles. The molecule has 0 aliphatic carbocycles. The predicted molar refractivity (Wildman–Crippen MR) is 115 cm³/mol. The van der Waals surface area contributed by atoms with Crippen molar-refractivity contribution in [2.75, 3.05) is 18.4 Å². The zero-order valence-corrected chi connectivity index (χ0v) is 18.1. The molecule has 1 heterocycles. The molecule has 0 saturated carbocycles. The smallest absolute Gasteiger partial charge is 0.313 e. The largest absolute Gasteiger partial charge is 0.348 e. The van der Waals surface area contributed by atoms with Gasteiger partial charge in [0.15, 0.2) is 0 Å². The summed E-state index contributed by atoms with van der Waals surface area (Å²) in [4.78, 5) is 24.2. The van der Waals surface area contributed by atoms with Crippen molar-refractivity contribution in [2.24, 2.45) is 0 Å². The number of carbonyl (C=O) groups is 2. The van der Waals surface area contributed by atoms with Gasteiger partial charge in [-0.3, -0.25) is 9.59 Å². The zero-order valence-electron chi connectivity index (χ0n) is 17.3. The summed E-state index contributed by atoms with van der Waals surface area (Å²) in [5, 5.41) is 5.10. The Morgan fingerprint density at radius 1 is 1.10 bits per heavy atom. The minimum atomic E-state index is -3.77. The van der Waals surface area contributed by atoms with Gasteiger partial charge in [-0.15, -0.1) is 0 Å². The van der Waals surface area contributed by atoms with Gasteiger partial charge < -0.3 is 10.6 Å². The number of amides is 2. The SMILES string of the molecule is Cc1cccc(NC(=O)C(=O)NCCC2CCCCN2S(=O)(=O)c2ccc(F)cc2)c1. The first-order valence-electron chi connectivity index (χ1n) is 10.2. The molecule has 1 saturated heterocycles. The summed E-state index contributed by atoms with van der Waals surface area (Å²) in [6, 6.07) is 11.6. The molecule has 0 bridgehead atoms. The van der Waals surface area contributed by atoms with Gasteiger partial charge in [-0.1, -0.05) is 18.6 Å². The molecule has 2 amide bonds. The van der Waals surface area contributed by atoms with Crippen molar-refractivity contribution in [2.45, 2.75) is 43.5 Å². The first-order chi connectivity index (χ1) is 14.8. The molecule has 0 aromatic heterocycles. The van der Waals surface area contributed by atoms with Gasteiger partial charge in [-0.05, 0) is 68.1 Å². The van der Waals surface area contributed by atoms with Crippen LogP contribution in [0.4, 0.5) is 10.1 Å². The predicted octanol–water partition coefficient (Wildman–Crippen LogP) is 2.82. The van der Waals surface area contributed by atoms with Crippen LogP contribution in [0.3, 0.4) is 0 Å². The third-order valence-electron chi connectivity index (χ3n) is 5.24. The molecule has 166 valence electrons. The highest BCUT2D eigenvalue weighted by Gasteiger charge is 2.33. The fourth-order valence-corrected chi connectivity index (χ4v) is 5.39. The third kappa shape index (κ3) is 5.89. The number of halogens is 1. The molecule has 1 aliphatic heterocycles. The van der Waals surface area contributed by atoms with Crippen LogP contribution in [0.15, 0.2) is 53.4 Å². The third-order valence-corrected chi connectivity index (χ3v) is 7.20. The molecule has 2 aromatic rings. The number of aryl methyl sites for hydroxylation is 1. The second kappa shape index (κ2) is 10.0. The van der Waals surface area contributed by atoms with E-state index in [1.807, 2.05) is 13.0 Å². The van der Waals surface area contributed by atoms with Gasteiger partial charge in [0, 0.05) is 24.8 Å². The fourth-order valence-electron chi connectivity index (χ4n) is 3.66. The molecule has 1 unspecified atom stereocenters. The van der Waals surface area contributed by atoms with Gasteiger partial charge in [0.1, 0.15) is 5.82 Å². The molecule has 1 fully saturated rings. The number of carbonyl (C=O) groups excluding carboxylic acids is 2. The number of benzene rings is 2. The number of nitrogens with zero attached hydrogens (tertiary/aromatic N) is 1. The number of piperidine rings is 1. The fraction of sp³-hybridized carbons (Fsp3) is 0.364. The quantitative estimate of drug-likeness (QED) is 0.666. The molecular weight excluding hydrogens is 421 g/mol. The van der Waals surface area contributed by atoms with Gasteiger partial charge in [0.05, 0.1) is 4.90 Å². The van der Waals surface area contributed by atoms with E-state index in [0.29, 0.717) is 25.1 Å². The minimum absolute atomic E-state index is 0.0439. The van der Waals surface area contributed by atoms with Crippen molar-refractivity contribution in [3.05, 3.63) is 59.9 Å². The maximum absolute atomic E-state index is 13.2. The van der Waals surface area contributed by atoms with E-state index in [4.69, 9.17) is 0 Å². The Morgan fingerprint density at radius 3 is 2.55 bits per heavy atom. The monoisotopic (exact) mass is 447 g/mol. The van der Waals surface area contributed by atoms with Gasteiger partial charge in [-0.25, -0.2) is 12.8 Å². The van der Waals surface area contributed by atoms with Crippen LogP contribution in [0.5, 0.6) is 0 Å². The standard InChI is InChI=1S/C22H26FN3O4S/c1-16-5-4-6-18(15-16)25-22(28)21(27)24-13-12-19-7-2-3-14-26(19)31(29,30)20-10-8-17(23)9-11-20/h4-6,8-11,15,19H,2-3,7,12-14H2,1H3,(H,24,27)(H,25,28). The summed E-state index contributed by atoms with van der Waals surface area (Å²) < 4.78 is 40.6. The molecule has 0 spiro atoms. The van der Waals surface area contributed by atoms with Crippen LogP contribution in [0, 0.1) is 12.7 Å². The van der Waals surface area contributed by atoms with E-state index in [1.54, 1.807) is 18.2 Å². The lowest BCUT2D eigenvalue weighted by atomic mass is 10.0. The summed E-state index contributed by atoms with van der Waals surface area (Å²) >= 11 is 0. The molecular formula is C22H26FN3O4S. The van der Waals surface area contributed by atoms with Gasteiger partial charge >= 0.3 is 11.8 Å². The van der Waals surface area contributed by atoms with Gasteiger partial charge in [0.2, 0.25) is 10.0 Å². The maximum Gasteiger partial charge on any atom is 0.313 e. The maximum atomic E-state index is 13.2. The van der Waals surface area contributed by atoms with Gasteiger partial charge in [-0.2, -0.15) is 4.31 Å². The minimum Gasteiger partial charge on any atom is -0.348 e. The second-order valence-electron chi connectivity index (χ2n) is 7.59. The Hall–Kier alpha value is -2.78. The van der Waals surface area contributed by atoms with E-state index in [-0.39, 0.29) is 17.5 Å². The van der Waals surface area contributed by atoms with Crippen LogP contribution in [0.2, 0.25) is 0 Å². The Bertz CT molecular complexity index is 1040. The Labute approximate surface area is 181 Å². The van der Waals surface area contributed by atoms with Crippen LogP contribution in [0.1, 0.15) is 31.2 Å². The lowest BCUT2D eigenvalue weighted by Crippen LogP contribution is -2.45. The van der Waals surface area contributed by atoms with Crippen molar-refractivity contribution in [3.63, 3.8) is 0 Å². The Kier molecular flexibility index (Phi) is 7.40. The summed E-state index contributed by atoms with van der Waals surface area (Å²) in [5.74, 6) is -2.05. The molecule has 1 aliphatic rings. The average Bonchev–Trinajstić information content (AvgIpc) is 2.74. The zero-order chi connectivity index (χ0) is 22.4. The van der Waals surface area contributed by atoms with Crippen molar-refractivity contribution in [1.29, 1.82) is 0 Å². The van der Waals surface area contributed by atoms with Crippen molar-refractivity contribution in [3.8, 4) is 0 Å². The molecule has 7 nitrogen and oxygen atoms in total. The van der Waals surface area contributed by atoms with Crippen LogP contribution in [0.25, 0.3) is 0 Å².